The van der Waals surface area contributed by atoms with E-state index in [0.717, 1.165) is 11.6 Å². The molecule has 16 heavy (non-hydrogen) atoms. The van der Waals surface area contributed by atoms with Crippen LogP contribution in [0.3, 0.4) is 0 Å². The predicted molar refractivity (Wildman–Crippen MR) is 68.2 cm³/mol. The number of imidazole rings is 1. The quantitative estimate of drug-likeness (QED) is 0.804. The first kappa shape index (κ1) is 13.2. The highest BCUT2D eigenvalue weighted by atomic mass is 15.1. The molecule has 2 atom stereocenters. The molecule has 1 aromatic heterocycles. The highest BCUT2D eigenvalue weighted by Gasteiger charge is 2.12. The maximum atomic E-state index is 5.91. The Morgan fingerprint density at radius 3 is 2.50 bits per heavy atom. The fourth-order valence-corrected chi connectivity index (χ4v) is 2.00. The van der Waals surface area contributed by atoms with Gasteiger partial charge in [0.2, 0.25) is 0 Å². The molecule has 0 aliphatic rings. The maximum Gasteiger partial charge on any atom is 0.0951 e. The van der Waals surface area contributed by atoms with E-state index < -0.39 is 0 Å². The molecule has 0 aromatic carbocycles. The monoisotopic (exact) mass is 223 g/mol. The zero-order chi connectivity index (χ0) is 12.1. The zero-order valence-electron chi connectivity index (χ0n) is 11.0. The lowest BCUT2D eigenvalue weighted by Crippen LogP contribution is -2.14. The van der Waals surface area contributed by atoms with Gasteiger partial charge >= 0.3 is 0 Å². The van der Waals surface area contributed by atoms with Gasteiger partial charge < -0.3 is 10.3 Å². The van der Waals surface area contributed by atoms with Gasteiger partial charge in [0.25, 0.3) is 0 Å². The van der Waals surface area contributed by atoms with Gasteiger partial charge in [-0.1, -0.05) is 26.7 Å². The Bertz CT molecular complexity index is 302. The van der Waals surface area contributed by atoms with E-state index in [1.54, 1.807) is 0 Å². The molecule has 0 spiro atoms. The van der Waals surface area contributed by atoms with Gasteiger partial charge in [-0.15, -0.1) is 0 Å². The van der Waals surface area contributed by atoms with Crippen LogP contribution in [0.4, 0.5) is 0 Å². The summed E-state index contributed by atoms with van der Waals surface area (Å²) in [5.74, 6) is 0.794. The molecular weight excluding hydrogens is 198 g/mol. The average molecular weight is 223 g/mol. The van der Waals surface area contributed by atoms with Gasteiger partial charge in [0, 0.05) is 18.3 Å². The Labute approximate surface area is 99.1 Å². The molecule has 1 rings (SSSR count). The van der Waals surface area contributed by atoms with Gasteiger partial charge in [-0.05, 0) is 26.2 Å². The molecular formula is C13H25N3. The minimum atomic E-state index is 0.0649. The van der Waals surface area contributed by atoms with Crippen molar-refractivity contribution in [3.8, 4) is 0 Å². The Morgan fingerprint density at radius 1 is 1.25 bits per heavy atom. The van der Waals surface area contributed by atoms with Crippen LogP contribution in [0.2, 0.25) is 0 Å². The topological polar surface area (TPSA) is 43.8 Å². The summed E-state index contributed by atoms with van der Waals surface area (Å²) in [6.45, 7) is 8.80. The van der Waals surface area contributed by atoms with Crippen molar-refractivity contribution in [2.45, 2.75) is 59.0 Å². The summed E-state index contributed by atoms with van der Waals surface area (Å²) < 4.78 is 2.21. The highest BCUT2D eigenvalue weighted by molar-refractivity contribution is 5.04. The van der Waals surface area contributed by atoms with Crippen LogP contribution in [0.5, 0.6) is 0 Å². The van der Waals surface area contributed by atoms with Crippen LogP contribution in [0.1, 0.15) is 64.7 Å². The van der Waals surface area contributed by atoms with Gasteiger partial charge in [-0.2, -0.15) is 0 Å². The summed E-state index contributed by atoms with van der Waals surface area (Å²) in [6, 6.07) is 0.567. The number of nitrogens with two attached hydrogens (primary N) is 1. The molecule has 0 saturated carbocycles. The standard InChI is InChI=1S/C13H25N3/c1-10(2)6-5-7-11(3)16-9-15-8-13(16)12(4)14/h8-12H,5-7,14H2,1-4H3/t11?,12-/m0/s1. The summed E-state index contributed by atoms with van der Waals surface area (Å²) >= 11 is 0. The van der Waals surface area contributed by atoms with Crippen LogP contribution in [0.25, 0.3) is 0 Å². The summed E-state index contributed by atoms with van der Waals surface area (Å²) in [4.78, 5) is 4.19. The van der Waals surface area contributed by atoms with Crippen molar-refractivity contribution >= 4 is 0 Å². The smallest absolute Gasteiger partial charge is 0.0951 e. The molecule has 1 unspecified atom stereocenters. The molecule has 0 aliphatic carbocycles. The van der Waals surface area contributed by atoms with E-state index in [1.807, 2.05) is 19.4 Å². The predicted octanol–water partition coefficient (Wildman–Crippen LogP) is 3.29. The molecule has 0 radical (unpaired) electrons. The molecule has 0 fully saturated rings. The zero-order valence-corrected chi connectivity index (χ0v) is 11.0. The van der Waals surface area contributed by atoms with Gasteiger partial charge in [0.1, 0.15) is 0 Å². The van der Waals surface area contributed by atoms with E-state index in [2.05, 4.69) is 30.3 Å². The van der Waals surface area contributed by atoms with E-state index in [1.165, 1.54) is 19.3 Å². The van der Waals surface area contributed by atoms with Crippen molar-refractivity contribution in [1.29, 1.82) is 0 Å². The van der Waals surface area contributed by atoms with E-state index >= 15 is 0 Å². The van der Waals surface area contributed by atoms with Crippen LogP contribution < -0.4 is 5.73 Å². The third-order valence-electron chi connectivity index (χ3n) is 3.04. The Balaban J connectivity index is 2.52. The number of nitrogens with zero attached hydrogens (tertiary/aromatic N) is 2. The van der Waals surface area contributed by atoms with Crippen molar-refractivity contribution in [1.82, 2.24) is 9.55 Å². The van der Waals surface area contributed by atoms with Crippen molar-refractivity contribution in [2.75, 3.05) is 0 Å². The number of hydrogen-bond donors (Lipinski definition) is 1. The van der Waals surface area contributed by atoms with Gasteiger partial charge in [-0.25, -0.2) is 4.98 Å². The minimum absolute atomic E-state index is 0.0649. The Kier molecular flexibility index (Phi) is 5.00. The van der Waals surface area contributed by atoms with Crippen LogP contribution in [-0.2, 0) is 0 Å². The van der Waals surface area contributed by atoms with Gasteiger partial charge in [-0.3, -0.25) is 0 Å². The molecule has 2 N–H and O–H groups in total. The number of hydrogen-bond acceptors (Lipinski definition) is 2. The lowest BCUT2D eigenvalue weighted by atomic mass is 10.0. The molecule has 0 aliphatic heterocycles. The van der Waals surface area contributed by atoms with Crippen molar-refractivity contribution in [3.05, 3.63) is 18.2 Å². The third kappa shape index (κ3) is 3.63. The van der Waals surface area contributed by atoms with Crippen molar-refractivity contribution in [2.24, 2.45) is 11.7 Å². The van der Waals surface area contributed by atoms with Crippen LogP contribution in [0.15, 0.2) is 12.5 Å². The van der Waals surface area contributed by atoms with Crippen LogP contribution in [0, 0.1) is 5.92 Å². The van der Waals surface area contributed by atoms with E-state index in [0.29, 0.717) is 6.04 Å². The minimum Gasteiger partial charge on any atom is -0.330 e. The third-order valence-corrected chi connectivity index (χ3v) is 3.04. The maximum absolute atomic E-state index is 5.91. The molecule has 3 nitrogen and oxygen atoms in total. The number of aromatic nitrogens is 2. The molecule has 3 heteroatoms. The lowest BCUT2D eigenvalue weighted by molar-refractivity contribution is 0.433. The molecule has 0 bridgehead atoms. The fraction of sp³-hybridized carbons (Fsp3) is 0.769. The largest absolute Gasteiger partial charge is 0.330 e. The molecule has 1 heterocycles. The Hall–Kier alpha value is -0.830. The SMILES string of the molecule is CC(C)CCCC(C)n1cncc1[C@H](C)N. The van der Waals surface area contributed by atoms with Gasteiger partial charge in [0.15, 0.2) is 0 Å². The molecule has 1 aromatic rings. The van der Waals surface area contributed by atoms with Gasteiger partial charge in [0.05, 0.1) is 12.0 Å². The lowest BCUT2D eigenvalue weighted by Gasteiger charge is -2.18. The molecule has 92 valence electrons. The molecule has 0 amide bonds. The van der Waals surface area contributed by atoms with Crippen LogP contribution >= 0.6 is 0 Å². The second kappa shape index (κ2) is 6.04. The second-order valence-corrected chi connectivity index (χ2v) is 5.19. The van der Waals surface area contributed by atoms with E-state index in [4.69, 9.17) is 5.73 Å². The Morgan fingerprint density at radius 2 is 1.94 bits per heavy atom. The first-order valence-electron chi connectivity index (χ1n) is 6.29. The normalized spacial score (nSPS) is 15.4. The van der Waals surface area contributed by atoms with E-state index in [-0.39, 0.29) is 6.04 Å². The van der Waals surface area contributed by atoms with E-state index in [9.17, 15) is 0 Å². The second-order valence-electron chi connectivity index (χ2n) is 5.19. The highest BCUT2D eigenvalue weighted by Crippen LogP contribution is 2.20. The first-order valence-corrected chi connectivity index (χ1v) is 6.29. The van der Waals surface area contributed by atoms with Crippen molar-refractivity contribution in [3.63, 3.8) is 0 Å². The summed E-state index contributed by atoms with van der Waals surface area (Å²) in [6.07, 6.45) is 7.55. The fourth-order valence-electron chi connectivity index (χ4n) is 2.00. The summed E-state index contributed by atoms with van der Waals surface area (Å²) in [5, 5.41) is 0. The van der Waals surface area contributed by atoms with Crippen molar-refractivity contribution < 1.29 is 0 Å². The summed E-state index contributed by atoms with van der Waals surface area (Å²) in [5.41, 5.74) is 7.05. The first-order chi connectivity index (χ1) is 7.52. The average Bonchev–Trinajstić information content (AvgIpc) is 2.65. The number of rotatable bonds is 6. The van der Waals surface area contributed by atoms with Crippen LogP contribution in [-0.4, -0.2) is 9.55 Å². The summed E-state index contributed by atoms with van der Waals surface area (Å²) in [7, 11) is 0. The molecule has 0 saturated heterocycles.